The highest BCUT2D eigenvalue weighted by Gasteiger charge is 2.08. The minimum absolute atomic E-state index is 0.254. The third-order valence-electron chi connectivity index (χ3n) is 3.75. The van der Waals surface area contributed by atoms with Crippen LogP contribution >= 0.6 is 0 Å². The minimum atomic E-state index is -0.640. The quantitative estimate of drug-likeness (QED) is 0.619. The number of nitrogens with one attached hydrogen (secondary N) is 2. The summed E-state index contributed by atoms with van der Waals surface area (Å²) in [6.45, 7) is 0.431. The summed E-state index contributed by atoms with van der Waals surface area (Å²) in [6, 6.07) is 22.8. The zero-order chi connectivity index (χ0) is 19.1. The van der Waals surface area contributed by atoms with Gasteiger partial charge in [-0.15, -0.1) is 0 Å². The van der Waals surface area contributed by atoms with Gasteiger partial charge in [-0.1, -0.05) is 36.4 Å². The number of primary amides is 1. The summed E-state index contributed by atoms with van der Waals surface area (Å²) in [7, 11) is 0. The van der Waals surface area contributed by atoms with E-state index in [9.17, 15) is 9.59 Å². The maximum atomic E-state index is 12.4. The van der Waals surface area contributed by atoms with Crippen molar-refractivity contribution in [1.29, 1.82) is 0 Å². The maximum Gasteiger partial charge on any atom is 0.316 e. The molecule has 0 unspecified atom stereocenters. The molecule has 0 spiro atoms. The molecule has 0 radical (unpaired) electrons. The molecule has 0 atom stereocenters. The van der Waals surface area contributed by atoms with E-state index < -0.39 is 6.03 Å². The first-order valence-electron chi connectivity index (χ1n) is 8.35. The molecule has 0 aromatic heterocycles. The Morgan fingerprint density at radius 1 is 0.815 bits per heavy atom. The number of carbonyl (C=O) groups is 2. The monoisotopic (exact) mass is 361 g/mol. The number of hydrogen-bond donors (Lipinski definition) is 3. The Labute approximate surface area is 157 Å². The second-order valence-corrected chi connectivity index (χ2v) is 5.82. The lowest BCUT2D eigenvalue weighted by molar-refractivity contribution is 0.102. The van der Waals surface area contributed by atoms with Crippen molar-refractivity contribution in [3.05, 3.63) is 90.0 Å². The Balaban J connectivity index is 1.62. The van der Waals surface area contributed by atoms with Crippen molar-refractivity contribution in [3.8, 4) is 5.75 Å². The molecule has 3 amide bonds. The van der Waals surface area contributed by atoms with E-state index in [0.29, 0.717) is 29.3 Å². The Bertz CT molecular complexity index is 925. The van der Waals surface area contributed by atoms with Crippen LogP contribution in [0.4, 0.5) is 16.2 Å². The molecule has 3 rings (SSSR count). The van der Waals surface area contributed by atoms with Gasteiger partial charge in [0.15, 0.2) is 0 Å². The van der Waals surface area contributed by atoms with Crippen molar-refractivity contribution in [2.24, 2.45) is 5.73 Å². The predicted molar refractivity (Wildman–Crippen MR) is 105 cm³/mol. The Kier molecular flexibility index (Phi) is 5.69. The lowest BCUT2D eigenvalue weighted by atomic mass is 10.2. The maximum absolute atomic E-state index is 12.4. The number of ether oxygens (including phenoxy) is 1. The van der Waals surface area contributed by atoms with Gasteiger partial charge in [0.05, 0.1) is 0 Å². The van der Waals surface area contributed by atoms with Crippen molar-refractivity contribution >= 4 is 23.3 Å². The van der Waals surface area contributed by atoms with Crippen molar-refractivity contribution in [2.75, 3.05) is 10.6 Å². The Morgan fingerprint density at radius 3 is 2.15 bits per heavy atom. The average Bonchev–Trinajstić information content (AvgIpc) is 2.68. The highest BCUT2D eigenvalue weighted by molar-refractivity contribution is 6.04. The smallest absolute Gasteiger partial charge is 0.316 e. The first kappa shape index (κ1) is 18.0. The number of anilines is 2. The van der Waals surface area contributed by atoms with Crippen molar-refractivity contribution in [3.63, 3.8) is 0 Å². The molecule has 0 aliphatic heterocycles. The van der Waals surface area contributed by atoms with Crippen LogP contribution in [0.5, 0.6) is 5.75 Å². The Morgan fingerprint density at radius 2 is 1.48 bits per heavy atom. The number of urea groups is 1. The summed E-state index contributed by atoms with van der Waals surface area (Å²) in [4.78, 5) is 23.3. The number of nitrogens with two attached hydrogens (primary N) is 1. The van der Waals surface area contributed by atoms with Crippen LogP contribution < -0.4 is 21.1 Å². The summed E-state index contributed by atoms with van der Waals surface area (Å²) in [5.74, 6) is 0.364. The molecule has 27 heavy (non-hydrogen) atoms. The fraction of sp³-hybridized carbons (Fsp3) is 0.0476. The molecule has 3 aromatic rings. The highest BCUT2D eigenvalue weighted by atomic mass is 16.5. The van der Waals surface area contributed by atoms with E-state index in [1.165, 1.54) is 0 Å². The van der Waals surface area contributed by atoms with Crippen LogP contribution in [0.3, 0.4) is 0 Å². The van der Waals surface area contributed by atoms with Gasteiger partial charge in [-0.3, -0.25) is 4.79 Å². The van der Waals surface area contributed by atoms with Crippen LogP contribution in [-0.4, -0.2) is 11.9 Å². The molecule has 0 saturated heterocycles. The van der Waals surface area contributed by atoms with Gasteiger partial charge in [0.25, 0.3) is 5.91 Å². The van der Waals surface area contributed by atoms with E-state index in [1.54, 1.807) is 42.5 Å². The van der Waals surface area contributed by atoms with Gasteiger partial charge in [0.2, 0.25) is 0 Å². The highest BCUT2D eigenvalue weighted by Crippen LogP contribution is 2.18. The molecule has 4 N–H and O–H groups in total. The average molecular weight is 361 g/mol. The fourth-order valence-electron chi connectivity index (χ4n) is 2.45. The van der Waals surface area contributed by atoms with Gasteiger partial charge in [0.1, 0.15) is 12.4 Å². The van der Waals surface area contributed by atoms with Crippen LogP contribution in [-0.2, 0) is 6.61 Å². The first-order chi connectivity index (χ1) is 13.1. The van der Waals surface area contributed by atoms with E-state index in [1.807, 2.05) is 36.4 Å². The largest absolute Gasteiger partial charge is 0.489 e. The third-order valence-corrected chi connectivity index (χ3v) is 3.75. The van der Waals surface area contributed by atoms with Crippen molar-refractivity contribution in [2.45, 2.75) is 6.61 Å². The molecule has 0 saturated carbocycles. The molecule has 0 aliphatic carbocycles. The third kappa shape index (κ3) is 5.34. The van der Waals surface area contributed by atoms with Gasteiger partial charge >= 0.3 is 6.03 Å². The van der Waals surface area contributed by atoms with Gasteiger partial charge in [-0.05, 0) is 48.0 Å². The minimum Gasteiger partial charge on any atom is -0.489 e. The predicted octanol–water partition coefficient (Wildman–Crippen LogP) is 4.01. The standard InChI is InChI=1S/C21H19N3O3/c22-21(26)24-18-11-9-17(10-12-18)23-20(25)16-7-4-8-19(13-16)27-14-15-5-2-1-3-6-15/h1-13H,14H2,(H,23,25)(H3,22,24,26). The number of carbonyl (C=O) groups excluding carboxylic acids is 2. The van der Waals surface area contributed by atoms with Gasteiger partial charge in [0, 0.05) is 16.9 Å². The van der Waals surface area contributed by atoms with Crippen molar-refractivity contribution in [1.82, 2.24) is 0 Å². The van der Waals surface area contributed by atoms with Crippen molar-refractivity contribution < 1.29 is 14.3 Å². The lowest BCUT2D eigenvalue weighted by Gasteiger charge is -2.09. The van der Waals surface area contributed by atoms with E-state index in [2.05, 4.69) is 10.6 Å². The molecule has 6 heteroatoms. The zero-order valence-electron chi connectivity index (χ0n) is 14.5. The molecule has 0 heterocycles. The Hall–Kier alpha value is -3.80. The molecule has 0 bridgehead atoms. The zero-order valence-corrected chi connectivity index (χ0v) is 14.5. The fourth-order valence-corrected chi connectivity index (χ4v) is 2.45. The lowest BCUT2D eigenvalue weighted by Crippen LogP contribution is -2.19. The molecule has 6 nitrogen and oxygen atoms in total. The molecule has 0 fully saturated rings. The van der Waals surface area contributed by atoms with Gasteiger partial charge in [-0.25, -0.2) is 4.79 Å². The van der Waals surface area contributed by atoms with Gasteiger partial charge in [-0.2, -0.15) is 0 Å². The van der Waals surface area contributed by atoms with Crippen LogP contribution in [0.2, 0.25) is 0 Å². The van der Waals surface area contributed by atoms with Crippen LogP contribution in [0.15, 0.2) is 78.9 Å². The van der Waals surface area contributed by atoms with E-state index in [0.717, 1.165) is 5.56 Å². The number of hydrogen-bond acceptors (Lipinski definition) is 3. The number of amides is 3. The SMILES string of the molecule is NC(=O)Nc1ccc(NC(=O)c2cccc(OCc3ccccc3)c2)cc1. The summed E-state index contributed by atoms with van der Waals surface area (Å²) < 4.78 is 5.75. The van der Waals surface area contributed by atoms with E-state index in [-0.39, 0.29) is 5.91 Å². The normalized spacial score (nSPS) is 10.1. The summed E-state index contributed by atoms with van der Waals surface area (Å²) in [5, 5.41) is 5.26. The molecule has 0 aliphatic rings. The van der Waals surface area contributed by atoms with Crippen LogP contribution in [0, 0.1) is 0 Å². The van der Waals surface area contributed by atoms with Crippen LogP contribution in [0.1, 0.15) is 15.9 Å². The van der Waals surface area contributed by atoms with Gasteiger partial charge < -0.3 is 21.1 Å². The molecule has 136 valence electrons. The second kappa shape index (κ2) is 8.53. The van der Waals surface area contributed by atoms with Crippen LogP contribution in [0.25, 0.3) is 0 Å². The second-order valence-electron chi connectivity index (χ2n) is 5.82. The first-order valence-corrected chi connectivity index (χ1v) is 8.35. The summed E-state index contributed by atoms with van der Waals surface area (Å²) >= 11 is 0. The topological polar surface area (TPSA) is 93.5 Å². The van der Waals surface area contributed by atoms with E-state index in [4.69, 9.17) is 10.5 Å². The molecular formula is C21H19N3O3. The number of rotatable bonds is 6. The number of benzene rings is 3. The summed E-state index contributed by atoms with van der Waals surface area (Å²) in [5.41, 5.74) is 7.76. The summed E-state index contributed by atoms with van der Waals surface area (Å²) in [6.07, 6.45) is 0. The van der Waals surface area contributed by atoms with E-state index >= 15 is 0 Å². The molecular weight excluding hydrogens is 342 g/mol. The molecule has 3 aromatic carbocycles.